The summed E-state index contributed by atoms with van der Waals surface area (Å²) in [7, 11) is 0. The number of carbonyl (C=O) groups is 1. The van der Waals surface area contributed by atoms with E-state index in [0.29, 0.717) is 33.5 Å². The van der Waals surface area contributed by atoms with E-state index in [-0.39, 0.29) is 11.9 Å². The molecule has 214 valence electrons. The number of rotatable bonds is 8. The van der Waals surface area contributed by atoms with Gasteiger partial charge < -0.3 is 15.1 Å². The smallest absolute Gasteiger partial charge is 0.254 e. The second-order valence-corrected chi connectivity index (χ2v) is 12.0. The van der Waals surface area contributed by atoms with E-state index < -0.39 is 0 Å². The molecule has 0 bridgehead atoms. The monoisotopic (exact) mass is 597 g/mol. The zero-order valence-electron chi connectivity index (χ0n) is 23.5. The van der Waals surface area contributed by atoms with Gasteiger partial charge in [-0.25, -0.2) is 4.98 Å². The molecule has 2 aliphatic heterocycles. The van der Waals surface area contributed by atoms with Gasteiger partial charge in [-0.3, -0.25) is 4.79 Å². The summed E-state index contributed by atoms with van der Waals surface area (Å²) in [6.45, 7) is 4.60. The van der Waals surface area contributed by atoms with E-state index in [1.165, 1.54) is 12.8 Å². The number of halogens is 2. The minimum Gasteiger partial charge on any atom is -0.370 e. The SMILES string of the molecule is N#Cc1ccc(-c2ccc3nc(NCCc4ccc(Cl)c(Cl)c4)cc(C(=O)N4CCC[C@H]4CN4CCCC4)c3c2)cc1. The predicted octanol–water partition coefficient (Wildman–Crippen LogP) is 7.44. The van der Waals surface area contributed by atoms with E-state index in [4.69, 9.17) is 28.2 Å². The van der Waals surface area contributed by atoms with E-state index >= 15 is 0 Å². The highest BCUT2D eigenvalue weighted by molar-refractivity contribution is 6.42. The molecule has 3 aromatic carbocycles. The maximum absolute atomic E-state index is 14.3. The van der Waals surface area contributed by atoms with Crippen molar-refractivity contribution in [2.75, 3.05) is 38.0 Å². The van der Waals surface area contributed by atoms with Crippen LogP contribution >= 0.6 is 23.2 Å². The number of anilines is 1. The molecule has 0 saturated carbocycles. The van der Waals surface area contributed by atoms with Crippen LogP contribution in [0.2, 0.25) is 10.0 Å². The van der Waals surface area contributed by atoms with Crippen LogP contribution in [0.4, 0.5) is 5.82 Å². The number of hydrogen-bond acceptors (Lipinski definition) is 5. The number of carbonyl (C=O) groups excluding carboxylic acids is 1. The lowest BCUT2D eigenvalue weighted by Crippen LogP contribution is -2.42. The number of pyridine rings is 1. The number of nitrogens with one attached hydrogen (secondary N) is 1. The molecule has 1 amide bonds. The Bertz CT molecular complexity index is 1640. The molecule has 4 aromatic rings. The first-order chi connectivity index (χ1) is 20.5. The van der Waals surface area contributed by atoms with Crippen LogP contribution in [-0.2, 0) is 6.42 Å². The highest BCUT2D eigenvalue weighted by atomic mass is 35.5. The van der Waals surface area contributed by atoms with E-state index in [0.717, 1.165) is 73.0 Å². The van der Waals surface area contributed by atoms with Crippen molar-refractivity contribution in [3.05, 3.63) is 93.5 Å². The lowest BCUT2D eigenvalue weighted by Gasteiger charge is -2.29. The topological polar surface area (TPSA) is 72.3 Å². The first-order valence-corrected chi connectivity index (χ1v) is 15.4. The molecule has 1 N–H and O–H groups in total. The Morgan fingerprint density at radius 1 is 0.929 bits per heavy atom. The van der Waals surface area contributed by atoms with Gasteiger partial charge in [0.2, 0.25) is 0 Å². The number of benzene rings is 3. The van der Waals surface area contributed by atoms with E-state index in [2.05, 4.69) is 27.3 Å². The number of nitriles is 1. The summed E-state index contributed by atoms with van der Waals surface area (Å²) in [6, 6.07) is 23.6. The molecule has 1 aromatic heterocycles. The van der Waals surface area contributed by atoms with Crippen molar-refractivity contribution in [1.82, 2.24) is 14.8 Å². The fourth-order valence-electron chi connectivity index (χ4n) is 6.15. The minimum absolute atomic E-state index is 0.0635. The molecule has 2 fully saturated rings. The van der Waals surface area contributed by atoms with Gasteiger partial charge in [-0.05, 0) is 104 Å². The van der Waals surface area contributed by atoms with Crippen molar-refractivity contribution in [2.24, 2.45) is 0 Å². The van der Waals surface area contributed by atoms with Gasteiger partial charge in [-0.15, -0.1) is 0 Å². The van der Waals surface area contributed by atoms with Crippen LogP contribution in [0.1, 0.15) is 47.2 Å². The summed E-state index contributed by atoms with van der Waals surface area (Å²) in [6.07, 6.45) is 5.28. The molecule has 3 heterocycles. The fourth-order valence-corrected chi connectivity index (χ4v) is 6.47. The average Bonchev–Trinajstić information content (AvgIpc) is 3.71. The van der Waals surface area contributed by atoms with Crippen LogP contribution in [0.15, 0.2) is 66.7 Å². The summed E-state index contributed by atoms with van der Waals surface area (Å²) in [5.74, 6) is 0.737. The Morgan fingerprint density at radius 2 is 1.71 bits per heavy atom. The third kappa shape index (κ3) is 6.24. The average molecular weight is 599 g/mol. The molecule has 42 heavy (non-hydrogen) atoms. The number of amides is 1. The number of nitrogens with zero attached hydrogens (tertiary/aromatic N) is 4. The molecule has 8 heteroatoms. The second kappa shape index (κ2) is 12.7. The van der Waals surface area contributed by atoms with Gasteiger partial charge in [0.05, 0.1) is 32.8 Å². The second-order valence-electron chi connectivity index (χ2n) is 11.2. The van der Waals surface area contributed by atoms with Gasteiger partial charge in [-0.2, -0.15) is 5.26 Å². The first kappa shape index (κ1) is 28.5. The number of hydrogen-bond donors (Lipinski definition) is 1. The predicted molar refractivity (Wildman–Crippen MR) is 170 cm³/mol. The van der Waals surface area contributed by atoms with Crippen molar-refractivity contribution in [1.29, 1.82) is 5.26 Å². The van der Waals surface area contributed by atoms with Gasteiger partial charge in [0.25, 0.3) is 5.91 Å². The van der Waals surface area contributed by atoms with Crippen LogP contribution < -0.4 is 5.32 Å². The summed E-state index contributed by atoms with van der Waals surface area (Å²) in [4.78, 5) is 23.8. The molecular formula is C34H33Cl2N5O. The molecule has 6 rings (SSSR count). The van der Waals surface area contributed by atoms with Gasteiger partial charge >= 0.3 is 0 Å². The van der Waals surface area contributed by atoms with Crippen LogP contribution in [0, 0.1) is 11.3 Å². The maximum atomic E-state index is 14.3. The zero-order chi connectivity index (χ0) is 29.1. The highest BCUT2D eigenvalue weighted by Gasteiger charge is 2.32. The molecule has 0 radical (unpaired) electrons. The van der Waals surface area contributed by atoms with Crippen molar-refractivity contribution in [3.63, 3.8) is 0 Å². The van der Waals surface area contributed by atoms with E-state index in [9.17, 15) is 10.1 Å². The largest absolute Gasteiger partial charge is 0.370 e. The molecule has 2 aliphatic rings. The lowest BCUT2D eigenvalue weighted by atomic mass is 9.99. The number of fused-ring (bicyclic) bond motifs is 1. The minimum atomic E-state index is 0.0635. The van der Waals surface area contributed by atoms with Gasteiger partial charge in [0, 0.05) is 31.1 Å². The van der Waals surface area contributed by atoms with Crippen molar-refractivity contribution < 1.29 is 4.79 Å². The third-order valence-electron chi connectivity index (χ3n) is 8.40. The van der Waals surface area contributed by atoms with Crippen molar-refractivity contribution >= 4 is 45.8 Å². The van der Waals surface area contributed by atoms with Gasteiger partial charge in [-0.1, -0.05) is 47.5 Å². The van der Waals surface area contributed by atoms with E-state index in [1.54, 1.807) is 0 Å². The molecule has 2 saturated heterocycles. The molecule has 0 spiro atoms. The number of likely N-dealkylation sites (tertiary alicyclic amines) is 2. The first-order valence-electron chi connectivity index (χ1n) is 14.6. The fraction of sp³-hybridized carbons (Fsp3) is 0.324. The van der Waals surface area contributed by atoms with E-state index in [1.807, 2.05) is 60.7 Å². The normalized spacial score (nSPS) is 17.1. The Labute approximate surface area is 256 Å². The molecule has 6 nitrogen and oxygen atoms in total. The Hall–Kier alpha value is -3.63. The molecule has 0 aliphatic carbocycles. The van der Waals surface area contributed by atoms with Crippen LogP contribution in [0.3, 0.4) is 0 Å². The van der Waals surface area contributed by atoms with Gasteiger partial charge in [0.15, 0.2) is 0 Å². The molecule has 1 atom stereocenters. The van der Waals surface area contributed by atoms with Gasteiger partial charge in [0.1, 0.15) is 5.82 Å². The lowest BCUT2D eigenvalue weighted by molar-refractivity contribution is 0.0710. The Balaban J connectivity index is 1.31. The molecule has 0 unspecified atom stereocenters. The van der Waals surface area contributed by atoms with Crippen LogP contribution in [0.25, 0.3) is 22.0 Å². The standard InChI is InChI=1S/C34H33Cl2N5O/c35-30-11-7-23(18-31(30)36)13-14-38-33-20-29(34(42)41-17-3-4-27(41)22-40-15-1-2-16-40)28-19-26(10-12-32(28)39-33)25-8-5-24(21-37)6-9-25/h5-12,18-20,27H,1-4,13-17,22H2,(H,38,39)/t27-/m0/s1. The Morgan fingerprint density at radius 3 is 2.48 bits per heavy atom. The van der Waals surface area contributed by atoms with Crippen molar-refractivity contribution in [3.8, 4) is 17.2 Å². The quantitative estimate of drug-likeness (QED) is 0.228. The summed E-state index contributed by atoms with van der Waals surface area (Å²) in [5.41, 5.74) is 5.10. The Kier molecular flexibility index (Phi) is 8.62. The molecular weight excluding hydrogens is 565 g/mol. The summed E-state index contributed by atoms with van der Waals surface area (Å²) < 4.78 is 0. The summed E-state index contributed by atoms with van der Waals surface area (Å²) >= 11 is 12.3. The maximum Gasteiger partial charge on any atom is 0.254 e. The van der Waals surface area contributed by atoms with Crippen LogP contribution in [0.5, 0.6) is 0 Å². The zero-order valence-corrected chi connectivity index (χ0v) is 25.0. The summed E-state index contributed by atoms with van der Waals surface area (Å²) in [5, 5.41) is 14.6. The number of aromatic nitrogens is 1. The third-order valence-corrected chi connectivity index (χ3v) is 9.13. The van der Waals surface area contributed by atoms with Crippen LogP contribution in [-0.4, -0.2) is 59.5 Å². The van der Waals surface area contributed by atoms with Crippen molar-refractivity contribution in [2.45, 2.75) is 38.1 Å². The highest BCUT2D eigenvalue weighted by Crippen LogP contribution is 2.31.